The van der Waals surface area contributed by atoms with Gasteiger partial charge >= 0.3 is 0 Å². The van der Waals surface area contributed by atoms with Gasteiger partial charge in [-0.25, -0.2) is 8.42 Å². The summed E-state index contributed by atoms with van der Waals surface area (Å²) in [6.07, 6.45) is 6.89. The second kappa shape index (κ2) is 7.49. The molecule has 0 amide bonds. The maximum Gasteiger partial charge on any atom is 0.150 e. The van der Waals surface area contributed by atoms with E-state index >= 15 is 0 Å². The lowest BCUT2D eigenvalue weighted by Crippen LogP contribution is -2.27. The van der Waals surface area contributed by atoms with Crippen molar-refractivity contribution in [3.8, 4) is 0 Å². The fourth-order valence-corrected chi connectivity index (χ4v) is 3.84. The second-order valence-electron chi connectivity index (χ2n) is 5.65. The maximum atomic E-state index is 11.4. The third kappa shape index (κ3) is 5.27. The Hall–Kier alpha value is -0.0900. The van der Waals surface area contributed by atoms with Crippen LogP contribution in [0.2, 0.25) is 0 Å². The highest BCUT2D eigenvalue weighted by Gasteiger charge is 2.26. The van der Waals surface area contributed by atoms with Crippen LogP contribution in [0.1, 0.15) is 58.8 Å². The van der Waals surface area contributed by atoms with Gasteiger partial charge in [0.05, 0.1) is 11.9 Å². The monoisotopic (exact) mass is 276 g/mol. The van der Waals surface area contributed by atoms with E-state index in [1.807, 2.05) is 0 Å². The van der Waals surface area contributed by atoms with Crippen LogP contribution >= 0.6 is 0 Å². The van der Waals surface area contributed by atoms with Crippen LogP contribution in [0.4, 0.5) is 0 Å². The fraction of sp³-hybridized carbons (Fsp3) is 1.00. The predicted molar refractivity (Wildman–Crippen MR) is 75.3 cm³/mol. The van der Waals surface area contributed by atoms with Crippen molar-refractivity contribution in [1.29, 1.82) is 0 Å². The van der Waals surface area contributed by atoms with Crippen LogP contribution in [-0.4, -0.2) is 31.1 Å². The Balaban J connectivity index is 2.30. The molecule has 4 heteroatoms. The zero-order valence-corrected chi connectivity index (χ0v) is 12.6. The van der Waals surface area contributed by atoms with Crippen LogP contribution in [0, 0.1) is 11.8 Å². The first-order valence-corrected chi connectivity index (χ1v) is 9.19. The molecule has 1 N–H and O–H groups in total. The Morgan fingerprint density at radius 2 is 2.00 bits per heavy atom. The van der Waals surface area contributed by atoms with Gasteiger partial charge < -0.3 is 5.11 Å². The molecule has 0 bridgehead atoms. The van der Waals surface area contributed by atoms with Crippen molar-refractivity contribution >= 4 is 9.84 Å². The van der Waals surface area contributed by atoms with Gasteiger partial charge in [0.2, 0.25) is 0 Å². The SMILES string of the molecule is CCC1CCCC(C(O)CCCS(=O)(=O)CC)C1. The van der Waals surface area contributed by atoms with Crippen LogP contribution in [0.3, 0.4) is 0 Å². The van der Waals surface area contributed by atoms with E-state index in [9.17, 15) is 13.5 Å². The Morgan fingerprint density at radius 1 is 1.28 bits per heavy atom. The summed E-state index contributed by atoms with van der Waals surface area (Å²) in [6, 6.07) is 0. The minimum absolute atomic E-state index is 0.213. The standard InChI is InChI=1S/C14H28O3S/c1-3-12-7-5-8-13(11-12)14(15)9-6-10-18(16,17)4-2/h12-15H,3-11H2,1-2H3. The van der Waals surface area contributed by atoms with E-state index in [-0.39, 0.29) is 17.6 Å². The van der Waals surface area contributed by atoms with Crippen molar-refractivity contribution in [2.45, 2.75) is 64.9 Å². The summed E-state index contributed by atoms with van der Waals surface area (Å²) < 4.78 is 22.7. The van der Waals surface area contributed by atoms with E-state index in [2.05, 4.69) is 6.92 Å². The quantitative estimate of drug-likeness (QED) is 0.778. The molecule has 1 aliphatic rings. The van der Waals surface area contributed by atoms with Crippen LogP contribution in [0.25, 0.3) is 0 Å². The molecular formula is C14H28O3S. The first-order chi connectivity index (χ1) is 8.48. The van der Waals surface area contributed by atoms with Crippen LogP contribution in [0.15, 0.2) is 0 Å². The molecule has 0 saturated heterocycles. The molecular weight excluding hydrogens is 248 g/mol. The molecule has 0 aromatic carbocycles. The van der Waals surface area contributed by atoms with E-state index in [4.69, 9.17) is 0 Å². The highest BCUT2D eigenvalue weighted by Crippen LogP contribution is 2.33. The lowest BCUT2D eigenvalue weighted by Gasteiger charge is -2.31. The van der Waals surface area contributed by atoms with Crippen molar-refractivity contribution in [3.05, 3.63) is 0 Å². The van der Waals surface area contributed by atoms with E-state index in [1.54, 1.807) is 6.92 Å². The smallest absolute Gasteiger partial charge is 0.150 e. The van der Waals surface area contributed by atoms with Gasteiger partial charge in [0.15, 0.2) is 0 Å². The number of rotatable bonds is 7. The first kappa shape index (κ1) is 16.0. The lowest BCUT2D eigenvalue weighted by molar-refractivity contribution is 0.0612. The summed E-state index contributed by atoms with van der Waals surface area (Å²) in [5, 5.41) is 10.2. The molecule has 0 spiro atoms. The summed E-state index contributed by atoms with van der Waals surface area (Å²) in [5.41, 5.74) is 0. The number of sulfone groups is 1. The number of hydrogen-bond acceptors (Lipinski definition) is 3. The Kier molecular flexibility index (Phi) is 6.64. The van der Waals surface area contributed by atoms with Crippen LogP contribution in [0.5, 0.6) is 0 Å². The fourth-order valence-electron chi connectivity index (χ4n) is 2.95. The summed E-state index contributed by atoms with van der Waals surface area (Å²) in [5.74, 6) is 1.60. The molecule has 18 heavy (non-hydrogen) atoms. The molecule has 0 radical (unpaired) electrons. The Labute approximate surface area is 112 Å². The topological polar surface area (TPSA) is 54.4 Å². The van der Waals surface area contributed by atoms with Gasteiger partial charge in [0, 0.05) is 5.75 Å². The van der Waals surface area contributed by atoms with Gasteiger partial charge in [-0.3, -0.25) is 0 Å². The van der Waals surface area contributed by atoms with Crippen molar-refractivity contribution in [3.63, 3.8) is 0 Å². The molecule has 3 nitrogen and oxygen atoms in total. The summed E-state index contributed by atoms with van der Waals surface area (Å²) in [6.45, 7) is 3.89. The molecule has 1 saturated carbocycles. The van der Waals surface area contributed by atoms with Gasteiger partial charge in [0.25, 0.3) is 0 Å². The predicted octanol–water partition coefficient (Wildman–Crippen LogP) is 2.78. The number of hydrogen-bond donors (Lipinski definition) is 1. The Morgan fingerprint density at radius 3 is 2.61 bits per heavy atom. The van der Waals surface area contributed by atoms with E-state index in [0.717, 1.165) is 18.8 Å². The third-order valence-corrected chi connectivity index (χ3v) is 6.13. The highest BCUT2D eigenvalue weighted by atomic mass is 32.2. The molecule has 1 aliphatic carbocycles. The van der Waals surface area contributed by atoms with E-state index < -0.39 is 9.84 Å². The molecule has 1 rings (SSSR count). The largest absolute Gasteiger partial charge is 0.393 e. The molecule has 0 aromatic rings. The van der Waals surface area contributed by atoms with Gasteiger partial charge in [-0.2, -0.15) is 0 Å². The average molecular weight is 276 g/mol. The van der Waals surface area contributed by atoms with E-state index in [0.29, 0.717) is 18.8 Å². The summed E-state index contributed by atoms with van der Waals surface area (Å²) in [7, 11) is -2.87. The van der Waals surface area contributed by atoms with Crippen LogP contribution in [-0.2, 0) is 9.84 Å². The molecule has 3 unspecified atom stereocenters. The van der Waals surface area contributed by atoms with Gasteiger partial charge in [0.1, 0.15) is 9.84 Å². The molecule has 0 aromatic heterocycles. The average Bonchev–Trinajstić information content (AvgIpc) is 2.38. The minimum atomic E-state index is -2.87. The molecule has 0 aliphatic heterocycles. The first-order valence-electron chi connectivity index (χ1n) is 7.37. The van der Waals surface area contributed by atoms with Crippen LogP contribution < -0.4 is 0 Å². The summed E-state index contributed by atoms with van der Waals surface area (Å²) >= 11 is 0. The molecule has 1 fully saturated rings. The normalized spacial score (nSPS) is 27.1. The minimum Gasteiger partial charge on any atom is -0.393 e. The zero-order valence-electron chi connectivity index (χ0n) is 11.8. The second-order valence-corrected chi connectivity index (χ2v) is 8.12. The van der Waals surface area contributed by atoms with E-state index in [1.165, 1.54) is 19.3 Å². The van der Waals surface area contributed by atoms with Gasteiger partial charge in [-0.1, -0.05) is 33.1 Å². The zero-order chi connectivity index (χ0) is 13.6. The van der Waals surface area contributed by atoms with Crippen molar-refractivity contribution in [2.24, 2.45) is 11.8 Å². The van der Waals surface area contributed by atoms with Gasteiger partial charge in [-0.05, 0) is 37.5 Å². The lowest BCUT2D eigenvalue weighted by atomic mass is 9.77. The Bertz CT molecular complexity index is 324. The van der Waals surface area contributed by atoms with Crippen molar-refractivity contribution in [1.82, 2.24) is 0 Å². The van der Waals surface area contributed by atoms with Crippen molar-refractivity contribution in [2.75, 3.05) is 11.5 Å². The van der Waals surface area contributed by atoms with Crippen molar-refractivity contribution < 1.29 is 13.5 Å². The molecule has 3 atom stereocenters. The summed E-state index contributed by atoms with van der Waals surface area (Å²) in [4.78, 5) is 0. The molecule has 0 heterocycles. The number of aliphatic hydroxyl groups is 1. The number of aliphatic hydroxyl groups excluding tert-OH is 1. The third-order valence-electron chi connectivity index (χ3n) is 4.34. The maximum absolute atomic E-state index is 11.4. The molecule has 108 valence electrons. The highest BCUT2D eigenvalue weighted by molar-refractivity contribution is 7.91. The van der Waals surface area contributed by atoms with Gasteiger partial charge in [-0.15, -0.1) is 0 Å².